The first-order valence-corrected chi connectivity index (χ1v) is 11.0. The minimum absolute atomic E-state index is 0.0359. The summed E-state index contributed by atoms with van der Waals surface area (Å²) in [6, 6.07) is 10.3. The van der Waals surface area contributed by atoms with E-state index < -0.39 is 11.4 Å². The average molecular weight is 477 g/mol. The molecule has 0 aliphatic rings. The molecule has 0 saturated heterocycles. The van der Waals surface area contributed by atoms with E-state index in [2.05, 4.69) is 30.2 Å². The summed E-state index contributed by atoms with van der Waals surface area (Å²) >= 11 is 1.20. The lowest BCUT2D eigenvalue weighted by Gasteiger charge is -2.15. The van der Waals surface area contributed by atoms with Crippen molar-refractivity contribution < 1.29 is 14.3 Å². The molecule has 0 spiro atoms. The maximum Gasteiger partial charge on any atom is 0.269 e. The van der Waals surface area contributed by atoms with Gasteiger partial charge in [-0.25, -0.2) is 24.3 Å². The fourth-order valence-corrected chi connectivity index (χ4v) is 4.26. The van der Waals surface area contributed by atoms with Gasteiger partial charge in [0.15, 0.2) is 5.65 Å². The van der Waals surface area contributed by atoms with E-state index in [1.165, 1.54) is 54.7 Å². The molecule has 10 nitrogen and oxygen atoms in total. The summed E-state index contributed by atoms with van der Waals surface area (Å²) in [5, 5.41) is 13.4. The van der Waals surface area contributed by atoms with Crippen LogP contribution in [-0.2, 0) is 11.3 Å². The second-order valence-electron chi connectivity index (χ2n) is 7.14. The first-order chi connectivity index (χ1) is 16.5. The zero-order valence-electron chi connectivity index (χ0n) is 17.4. The number of benzene rings is 2. The SMILES string of the molecule is O=C(CSc1ncnc2nc[nH]c12)NCc1nc2cccc(F)c2c(=O)n1-c1ccccc1O. The molecule has 0 unspecified atom stereocenters. The van der Waals surface area contributed by atoms with E-state index in [0.29, 0.717) is 16.2 Å². The molecule has 3 aromatic heterocycles. The molecule has 2 aromatic carbocycles. The summed E-state index contributed by atoms with van der Waals surface area (Å²) in [6.07, 6.45) is 2.86. The van der Waals surface area contributed by atoms with Crippen molar-refractivity contribution in [3.05, 3.63) is 77.1 Å². The van der Waals surface area contributed by atoms with Gasteiger partial charge in [-0.05, 0) is 24.3 Å². The van der Waals surface area contributed by atoms with Crippen LogP contribution in [0.4, 0.5) is 4.39 Å². The fraction of sp³-hybridized carbons (Fsp3) is 0.0909. The monoisotopic (exact) mass is 477 g/mol. The van der Waals surface area contributed by atoms with Crippen LogP contribution >= 0.6 is 11.8 Å². The largest absolute Gasteiger partial charge is 0.506 e. The van der Waals surface area contributed by atoms with Gasteiger partial charge in [0.25, 0.3) is 5.56 Å². The highest BCUT2D eigenvalue weighted by molar-refractivity contribution is 8.00. The van der Waals surface area contributed by atoms with Crippen LogP contribution in [0, 0.1) is 5.82 Å². The fourth-order valence-electron chi connectivity index (χ4n) is 3.47. The number of nitrogens with zero attached hydrogens (tertiary/aromatic N) is 5. The number of phenolic OH excluding ortho intramolecular Hbond substituents is 1. The summed E-state index contributed by atoms with van der Waals surface area (Å²) in [5.41, 5.74) is 0.722. The summed E-state index contributed by atoms with van der Waals surface area (Å²) < 4.78 is 15.5. The van der Waals surface area contributed by atoms with Crippen LogP contribution in [0.15, 0.2) is 64.9 Å². The van der Waals surface area contributed by atoms with Gasteiger partial charge in [-0.3, -0.25) is 14.2 Å². The Balaban J connectivity index is 1.43. The van der Waals surface area contributed by atoms with Crippen LogP contribution in [0.25, 0.3) is 27.8 Å². The summed E-state index contributed by atoms with van der Waals surface area (Å²) in [4.78, 5) is 45.4. The number of halogens is 1. The number of nitrogens with one attached hydrogen (secondary N) is 2. The second kappa shape index (κ2) is 8.90. The minimum atomic E-state index is -0.721. The predicted molar refractivity (Wildman–Crippen MR) is 123 cm³/mol. The Morgan fingerprint density at radius 3 is 2.85 bits per heavy atom. The molecule has 12 heteroatoms. The Labute approximate surface area is 194 Å². The van der Waals surface area contributed by atoms with Crippen molar-refractivity contribution in [3.8, 4) is 11.4 Å². The van der Waals surface area contributed by atoms with Crippen LogP contribution in [0.3, 0.4) is 0 Å². The summed E-state index contributed by atoms with van der Waals surface area (Å²) in [6.45, 7) is -0.126. The third-order valence-corrected chi connectivity index (χ3v) is 6.00. The number of hydrogen-bond donors (Lipinski definition) is 3. The van der Waals surface area contributed by atoms with E-state index in [1.807, 2.05) is 0 Å². The van der Waals surface area contributed by atoms with Gasteiger partial charge >= 0.3 is 0 Å². The maximum absolute atomic E-state index is 14.4. The van der Waals surface area contributed by atoms with E-state index in [-0.39, 0.29) is 46.4 Å². The molecule has 170 valence electrons. The van der Waals surface area contributed by atoms with Gasteiger partial charge in [-0.15, -0.1) is 0 Å². The van der Waals surface area contributed by atoms with Crippen molar-refractivity contribution in [2.45, 2.75) is 11.6 Å². The van der Waals surface area contributed by atoms with Gasteiger partial charge < -0.3 is 15.4 Å². The number of carbonyl (C=O) groups is 1. The molecule has 0 fully saturated rings. The van der Waals surface area contributed by atoms with E-state index in [9.17, 15) is 19.1 Å². The van der Waals surface area contributed by atoms with Crippen LogP contribution in [0.2, 0.25) is 0 Å². The zero-order chi connectivity index (χ0) is 23.7. The number of aromatic amines is 1. The third kappa shape index (κ3) is 3.94. The van der Waals surface area contributed by atoms with Crippen LogP contribution in [0.5, 0.6) is 5.75 Å². The average Bonchev–Trinajstić information content (AvgIpc) is 3.32. The van der Waals surface area contributed by atoms with E-state index >= 15 is 0 Å². The quantitative estimate of drug-likeness (QED) is 0.250. The molecule has 0 radical (unpaired) electrons. The molecule has 3 heterocycles. The zero-order valence-corrected chi connectivity index (χ0v) is 18.2. The van der Waals surface area contributed by atoms with Crippen molar-refractivity contribution in [2.75, 3.05) is 5.75 Å². The lowest BCUT2D eigenvalue weighted by molar-refractivity contribution is -0.118. The van der Waals surface area contributed by atoms with Gasteiger partial charge in [-0.2, -0.15) is 0 Å². The number of para-hydroxylation sites is 2. The Kier molecular flexibility index (Phi) is 5.64. The number of phenols is 1. The van der Waals surface area contributed by atoms with Crippen molar-refractivity contribution in [1.82, 2.24) is 34.8 Å². The standard InChI is InChI=1S/C22H16FN7O3S/c23-12-4-3-5-13-18(12)22(33)30(14-6-1-2-7-15(14)31)16(29-13)8-24-17(32)9-34-21-19-20(26-10-25-19)27-11-28-21/h1-7,10-11,31H,8-9H2,(H,24,32)(H,25,26,27,28). The molecule has 5 rings (SSSR count). The van der Waals surface area contributed by atoms with Gasteiger partial charge in [-0.1, -0.05) is 30.0 Å². The first kappa shape index (κ1) is 21.5. The molecule has 0 aliphatic heterocycles. The number of rotatable bonds is 6. The van der Waals surface area contributed by atoms with Gasteiger partial charge in [0.1, 0.15) is 39.6 Å². The van der Waals surface area contributed by atoms with Crippen LogP contribution in [0.1, 0.15) is 5.82 Å². The number of thioether (sulfide) groups is 1. The van der Waals surface area contributed by atoms with Crippen molar-refractivity contribution >= 4 is 39.7 Å². The van der Waals surface area contributed by atoms with Gasteiger partial charge in [0, 0.05) is 0 Å². The predicted octanol–water partition coefficient (Wildman–Crippen LogP) is 2.31. The number of H-pyrrole nitrogens is 1. The molecule has 0 aliphatic carbocycles. The van der Waals surface area contributed by atoms with Crippen LogP contribution in [-0.4, -0.2) is 46.3 Å². The summed E-state index contributed by atoms with van der Waals surface area (Å²) in [7, 11) is 0. The molecule has 0 saturated carbocycles. The first-order valence-electron chi connectivity index (χ1n) is 10.0. The Hall–Kier alpha value is -4.32. The highest BCUT2D eigenvalue weighted by Gasteiger charge is 2.18. The number of aromatic nitrogens is 6. The van der Waals surface area contributed by atoms with E-state index in [0.717, 1.165) is 4.57 Å². The third-order valence-electron chi connectivity index (χ3n) is 5.01. The van der Waals surface area contributed by atoms with E-state index in [4.69, 9.17) is 0 Å². The molecule has 0 atom stereocenters. The minimum Gasteiger partial charge on any atom is -0.506 e. The Bertz CT molecular complexity index is 1600. The van der Waals surface area contributed by atoms with Crippen molar-refractivity contribution in [1.29, 1.82) is 0 Å². The smallest absolute Gasteiger partial charge is 0.269 e. The number of amides is 1. The van der Waals surface area contributed by atoms with Crippen molar-refractivity contribution in [2.24, 2.45) is 0 Å². The normalized spacial score (nSPS) is 11.2. The molecule has 0 bridgehead atoms. The molecule has 3 N–H and O–H groups in total. The maximum atomic E-state index is 14.4. The Morgan fingerprint density at radius 2 is 2.00 bits per heavy atom. The van der Waals surface area contributed by atoms with Crippen molar-refractivity contribution in [3.63, 3.8) is 0 Å². The molecule has 5 aromatic rings. The highest BCUT2D eigenvalue weighted by atomic mass is 32.2. The Morgan fingerprint density at radius 1 is 1.15 bits per heavy atom. The van der Waals surface area contributed by atoms with Gasteiger partial charge in [0.05, 0.1) is 29.8 Å². The highest BCUT2D eigenvalue weighted by Crippen LogP contribution is 2.23. The number of imidazole rings is 1. The summed E-state index contributed by atoms with van der Waals surface area (Å²) in [5.74, 6) is -1.07. The number of carbonyl (C=O) groups excluding carboxylic acids is 1. The molecule has 1 amide bonds. The second-order valence-corrected chi connectivity index (χ2v) is 8.10. The number of fused-ring (bicyclic) bond motifs is 2. The van der Waals surface area contributed by atoms with E-state index in [1.54, 1.807) is 12.1 Å². The number of aromatic hydroxyl groups is 1. The van der Waals surface area contributed by atoms with Crippen LogP contribution < -0.4 is 10.9 Å². The molecular weight excluding hydrogens is 461 g/mol. The van der Waals surface area contributed by atoms with Gasteiger partial charge in [0.2, 0.25) is 5.91 Å². The lowest BCUT2D eigenvalue weighted by atomic mass is 10.2. The molecular formula is C22H16FN7O3S. The molecule has 34 heavy (non-hydrogen) atoms. The number of hydrogen-bond acceptors (Lipinski definition) is 8. The lowest BCUT2D eigenvalue weighted by Crippen LogP contribution is -2.31. The topological polar surface area (TPSA) is 139 Å².